The van der Waals surface area contributed by atoms with Gasteiger partial charge in [0.2, 0.25) is 5.91 Å². The van der Waals surface area contributed by atoms with Gasteiger partial charge in [-0.05, 0) is 30.2 Å². The fraction of sp³-hybridized carbons (Fsp3) is 0.211. The van der Waals surface area contributed by atoms with Gasteiger partial charge in [0.05, 0.1) is 17.1 Å². The molecule has 2 aromatic carbocycles. The second kappa shape index (κ2) is 8.55. The number of fused-ring (bicyclic) bond motifs is 1. The average Bonchev–Trinajstić information content (AvgIpc) is 3.07. The van der Waals surface area contributed by atoms with E-state index in [1.165, 1.54) is 0 Å². The quantitative estimate of drug-likeness (QED) is 0.453. The molecule has 0 bridgehead atoms. The van der Waals surface area contributed by atoms with Crippen molar-refractivity contribution >= 4 is 40.6 Å². The van der Waals surface area contributed by atoms with Crippen LogP contribution in [0.2, 0.25) is 5.02 Å². The molecule has 0 radical (unpaired) electrons. The maximum atomic E-state index is 12.3. The standard InChI is InChI=1S/C19H19ClN4O3/c20-14-6-2-3-7-15(14)22-18(25)11-17(21)23-27-12-19(26)24-10-9-13-5-1-4-8-16(13)24/h1-8H,9-12H2,(H2,21,23)(H,22,25). The third-order valence-electron chi connectivity index (χ3n) is 4.05. The number of para-hydroxylation sites is 2. The highest BCUT2D eigenvalue weighted by atomic mass is 35.5. The van der Waals surface area contributed by atoms with E-state index in [-0.39, 0.29) is 30.7 Å². The number of nitrogens with two attached hydrogens (primary N) is 1. The van der Waals surface area contributed by atoms with Crippen LogP contribution >= 0.6 is 11.6 Å². The van der Waals surface area contributed by atoms with Crippen LogP contribution in [-0.2, 0) is 20.8 Å². The van der Waals surface area contributed by atoms with Crippen molar-refractivity contribution in [1.29, 1.82) is 0 Å². The molecular formula is C19H19ClN4O3. The number of nitrogens with one attached hydrogen (secondary N) is 1. The summed E-state index contributed by atoms with van der Waals surface area (Å²) in [6, 6.07) is 14.6. The largest absolute Gasteiger partial charge is 0.384 e. The number of benzene rings is 2. The Labute approximate surface area is 161 Å². The predicted octanol–water partition coefficient (Wildman–Crippen LogP) is 2.55. The summed E-state index contributed by atoms with van der Waals surface area (Å²) < 4.78 is 0. The van der Waals surface area contributed by atoms with Gasteiger partial charge in [-0.3, -0.25) is 9.59 Å². The number of amidine groups is 1. The summed E-state index contributed by atoms with van der Waals surface area (Å²) in [4.78, 5) is 30.9. The van der Waals surface area contributed by atoms with Gasteiger partial charge < -0.3 is 20.8 Å². The first-order valence-electron chi connectivity index (χ1n) is 8.41. The van der Waals surface area contributed by atoms with Crippen molar-refractivity contribution in [3.05, 3.63) is 59.1 Å². The lowest BCUT2D eigenvalue weighted by Crippen LogP contribution is -2.32. The molecule has 1 heterocycles. The maximum Gasteiger partial charge on any atom is 0.267 e. The monoisotopic (exact) mass is 386 g/mol. The minimum Gasteiger partial charge on any atom is -0.384 e. The van der Waals surface area contributed by atoms with Crippen molar-refractivity contribution in [2.45, 2.75) is 12.8 Å². The van der Waals surface area contributed by atoms with Crippen LogP contribution in [0.4, 0.5) is 11.4 Å². The molecule has 0 aliphatic carbocycles. The van der Waals surface area contributed by atoms with Gasteiger partial charge in [0.1, 0.15) is 5.84 Å². The van der Waals surface area contributed by atoms with Crippen molar-refractivity contribution in [1.82, 2.24) is 0 Å². The van der Waals surface area contributed by atoms with Gasteiger partial charge in [-0.15, -0.1) is 0 Å². The van der Waals surface area contributed by atoms with Crippen molar-refractivity contribution < 1.29 is 14.4 Å². The Hall–Kier alpha value is -3.06. The van der Waals surface area contributed by atoms with Crippen molar-refractivity contribution in [2.75, 3.05) is 23.4 Å². The molecule has 2 aromatic rings. The number of rotatable bonds is 6. The first-order chi connectivity index (χ1) is 13.0. The summed E-state index contributed by atoms with van der Waals surface area (Å²) in [6.45, 7) is 0.363. The van der Waals surface area contributed by atoms with Crippen LogP contribution < -0.4 is 16.0 Å². The zero-order valence-corrected chi connectivity index (χ0v) is 15.3. The number of anilines is 2. The second-order valence-electron chi connectivity index (χ2n) is 5.98. The number of hydrogen-bond donors (Lipinski definition) is 2. The number of amides is 2. The van der Waals surface area contributed by atoms with E-state index < -0.39 is 0 Å². The molecule has 7 nitrogen and oxygen atoms in total. The number of carbonyl (C=O) groups is 2. The molecule has 0 saturated carbocycles. The summed E-state index contributed by atoms with van der Waals surface area (Å²) in [7, 11) is 0. The predicted molar refractivity (Wildman–Crippen MR) is 105 cm³/mol. The lowest BCUT2D eigenvalue weighted by atomic mass is 10.2. The minimum atomic E-state index is -0.382. The Kier molecular flexibility index (Phi) is 5.93. The molecule has 0 unspecified atom stereocenters. The average molecular weight is 387 g/mol. The molecule has 8 heteroatoms. The smallest absolute Gasteiger partial charge is 0.267 e. The zero-order chi connectivity index (χ0) is 19.2. The Morgan fingerprint density at radius 3 is 2.74 bits per heavy atom. The molecule has 0 fully saturated rings. The Morgan fingerprint density at radius 2 is 1.93 bits per heavy atom. The third kappa shape index (κ3) is 4.77. The highest BCUT2D eigenvalue weighted by molar-refractivity contribution is 6.33. The number of oxime groups is 1. The van der Waals surface area contributed by atoms with Gasteiger partial charge >= 0.3 is 0 Å². The molecule has 27 heavy (non-hydrogen) atoms. The van der Waals surface area contributed by atoms with Crippen molar-refractivity contribution in [3.8, 4) is 0 Å². The highest BCUT2D eigenvalue weighted by Crippen LogP contribution is 2.27. The van der Waals surface area contributed by atoms with E-state index in [1.807, 2.05) is 24.3 Å². The number of nitrogens with zero attached hydrogens (tertiary/aromatic N) is 2. The molecule has 3 N–H and O–H groups in total. The van der Waals surface area contributed by atoms with Gasteiger partial charge in [-0.25, -0.2) is 0 Å². The highest BCUT2D eigenvalue weighted by Gasteiger charge is 2.24. The molecule has 3 rings (SSSR count). The van der Waals surface area contributed by atoms with Gasteiger partial charge in [0.25, 0.3) is 5.91 Å². The van der Waals surface area contributed by atoms with Crippen LogP contribution in [0, 0.1) is 0 Å². The Morgan fingerprint density at radius 1 is 1.19 bits per heavy atom. The summed E-state index contributed by atoms with van der Waals surface area (Å²) in [6.07, 6.45) is 0.640. The van der Waals surface area contributed by atoms with E-state index in [0.29, 0.717) is 17.3 Å². The second-order valence-corrected chi connectivity index (χ2v) is 6.39. The first kappa shape index (κ1) is 18.7. The van der Waals surface area contributed by atoms with Crippen molar-refractivity contribution in [2.24, 2.45) is 10.9 Å². The van der Waals surface area contributed by atoms with Gasteiger partial charge in [0, 0.05) is 12.2 Å². The van der Waals surface area contributed by atoms with E-state index in [1.54, 1.807) is 29.2 Å². The number of hydrogen-bond acceptors (Lipinski definition) is 4. The summed E-state index contributed by atoms with van der Waals surface area (Å²) in [5.74, 6) is -0.626. The molecule has 140 valence electrons. The molecular weight excluding hydrogens is 368 g/mol. The van der Waals surface area contributed by atoms with E-state index >= 15 is 0 Å². The van der Waals surface area contributed by atoms with Crippen LogP contribution in [0.15, 0.2) is 53.7 Å². The third-order valence-corrected chi connectivity index (χ3v) is 4.38. The van der Waals surface area contributed by atoms with Gasteiger partial charge in [-0.1, -0.05) is 47.1 Å². The summed E-state index contributed by atoms with van der Waals surface area (Å²) in [5.41, 5.74) is 8.20. The lowest BCUT2D eigenvalue weighted by Gasteiger charge is -2.16. The molecule has 1 aliphatic heterocycles. The molecule has 0 spiro atoms. The van der Waals surface area contributed by atoms with Gasteiger partial charge in [0.15, 0.2) is 6.61 Å². The van der Waals surface area contributed by atoms with E-state index in [4.69, 9.17) is 22.2 Å². The normalized spacial score (nSPS) is 13.2. The summed E-state index contributed by atoms with van der Waals surface area (Å²) >= 11 is 5.98. The topological polar surface area (TPSA) is 97.0 Å². The minimum absolute atomic E-state index is 0.0332. The molecule has 0 aromatic heterocycles. The van der Waals surface area contributed by atoms with Crippen LogP contribution in [0.3, 0.4) is 0 Å². The Bertz CT molecular complexity index is 885. The van der Waals surface area contributed by atoms with E-state index in [9.17, 15) is 9.59 Å². The maximum absolute atomic E-state index is 12.3. The SMILES string of the molecule is NC(CC(=O)Nc1ccccc1Cl)=NOCC(=O)N1CCc2ccccc21. The number of carbonyl (C=O) groups excluding carboxylic acids is 2. The van der Waals surface area contributed by atoms with Crippen LogP contribution in [-0.4, -0.2) is 30.8 Å². The fourth-order valence-corrected chi connectivity index (χ4v) is 2.98. The van der Waals surface area contributed by atoms with E-state index in [2.05, 4.69) is 10.5 Å². The zero-order valence-electron chi connectivity index (χ0n) is 14.5. The first-order valence-corrected chi connectivity index (χ1v) is 8.79. The van der Waals surface area contributed by atoms with Gasteiger partial charge in [-0.2, -0.15) is 0 Å². The van der Waals surface area contributed by atoms with Crippen LogP contribution in [0.25, 0.3) is 0 Å². The van der Waals surface area contributed by atoms with Crippen molar-refractivity contribution in [3.63, 3.8) is 0 Å². The van der Waals surface area contributed by atoms with E-state index in [0.717, 1.165) is 17.7 Å². The fourth-order valence-electron chi connectivity index (χ4n) is 2.80. The molecule has 0 atom stereocenters. The lowest BCUT2D eigenvalue weighted by molar-refractivity contribution is -0.123. The van der Waals surface area contributed by atoms with Crippen LogP contribution in [0.5, 0.6) is 0 Å². The van der Waals surface area contributed by atoms with Crippen LogP contribution in [0.1, 0.15) is 12.0 Å². The summed E-state index contributed by atoms with van der Waals surface area (Å²) in [5, 5.41) is 6.71. The molecule has 2 amide bonds. The Balaban J connectivity index is 1.47. The molecule has 0 saturated heterocycles. The number of halogens is 1. The molecule has 1 aliphatic rings.